The average Bonchev–Trinajstić information content (AvgIpc) is 2.38. The minimum Gasteiger partial charge on any atom is -0.491 e. The van der Waals surface area contributed by atoms with E-state index in [1.165, 1.54) is 0 Å². The van der Waals surface area contributed by atoms with Crippen LogP contribution in [0.5, 0.6) is 5.75 Å². The third kappa shape index (κ3) is 2.71. The van der Waals surface area contributed by atoms with Gasteiger partial charge in [0.2, 0.25) is 0 Å². The summed E-state index contributed by atoms with van der Waals surface area (Å²) >= 11 is 0. The molecular formula is C13H12N2O2. The fourth-order valence-electron chi connectivity index (χ4n) is 1.49. The molecule has 1 heterocycles. The van der Waals surface area contributed by atoms with Crippen molar-refractivity contribution in [2.45, 2.75) is 0 Å². The highest BCUT2D eigenvalue weighted by Crippen LogP contribution is 2.19. The molecule has 4 heteroatoms. The van der Waals surface area contributed by atoms with Crippen LogP contribution in [0.15, 0.2) is 30.3 Å². The van der Waals surface area contributed by atoms with Crippen LogP contribution in [-0.4, -0.2) is 25.3 Å². The Balaban J connectivity index is 2.26. The lowest BCUT2D eigenvalue weighted by molar-refractivity contribution is 0.146. The normalized spacial score (nSPS) is 10.1. The predicted octanol–water partition coefficient (Wildman–Crippen LogP) is 2.13. The first-order chi connectivity index (χ1) is 8.33. The first kappa shape index (κ1) is 11.4. The molecule has 0 spiro atoms. The van der Waals surface area contributed by atoms with Gasteiger partial charge in [0.05, 0.1) is 12.1 Å². The van der Waals surface area contributed by atoms with Gasteiger partial charge >= 0.3 is 0 Å². The van der Waals surface area contributed by atoms with Crippen LogP contribution in [0.25, 0.3) is 10.9 Å². The van der Waals surface area contributed by atoms with E-state index in [1.54, 1.807) is 13.2 Å². The fourth-order valence-corrected chi connectivity index (χ4v) is 1.49. The number of methoxy groups -OCH3 is 1. The molecule has 2 rings (SSSR count). The standard InChI is InChI=1S/C13H12N2O2/c1-16-6-7-17-12-5-3-10-2-4-11(9-14)15-13(10)8-12/h2-5,8H,6-7H2,1H3. The number of nitriles is 1. The Hall–Kier alpha value is -2.12. The van der Waals surface area contributed by atoms with E-state index in [-0.39, 0.29) is 0 Å². The summed E-state index contributed by atoms with van der Waals surface area (Å²) in [5.74, 6) is 0.733. The number of nitrogens with zero attached hydrogens (tertiary/aromatic N) is 2. The lowest BCUT2D eigenvalue weighted by Crippen LogP contribution is -2.04. The third-order valence-electron chi connectivity index (χ3n) is 2.33. The Bertz CT molecular complexity index is 561. The largest absolute Gasteiger partial charge is 0.491 e. The van der Waals surface area contributed by atoms with Crippen molar-refractivity contribution < 1.29 is 9.47 Å². The maximum absolute atomic E-state index is 8.78. The van der Waals surface area contributed by atoms with Gasteiger partial charge in [-0.15, -0.1) is 0 Å². The van der Waals surface area contributed by atoms with Gasteiger partial charge in [0, 0.05) is 18.6 Å². The molecule has 0 bridgehead atoms. The van der Waals surface area contributed by atoms with Gasteiger partial charge < -0.3 is 9.47 Å². The third-order valence-corrected chi connectivity index (χ3v) is 2.33. The molecule has 0 saturated heterocycles. The highest BCUT2D eigenvalue weighted by molar-refractivity contribution is 5.80. The van der Waals surface area contributed by atoms with E-state index in [4.69, 9.17) is 14.7 Å². The second kappa shape index (κ2) is 5.28. The van der Waals surface area contributed by atoms with E-state index < -0.39 is 0 Å². The maximum Gasteiger partial charge on any atom is 0.141 e. The van der Waals surface area contributed by atoms with Crippen molar-refractivity contribution in [2.24, 2.45) is 0 Å². The molecule has 1 aromatic heterocycles. The van der Waals surface area contributed by atoms with Gasteiger partial charge in [0.15, 0.2) is 0 Å². The minimum atomic E-state index is 0.409. The SMILES string of the molecule is COCCOc1ccc2ccc(C#N)nc2c1. The molecule has 1 aromatic carbocycles. The predicted molar refractivity (Wildman–Crippen MR) is 63.8 cm³/mol. The van der Waals surface area contributed by atoms with E-state index in [0.717, 1.165) is 16.7 Å². The van der Waals surface area contributed by atoms with Crippen LogP contribution in [0.4, 0.5) is 0 Å². The lowest BCUT2D eigenvalue weighted by atomic mass is 10.2. The zero-order chi connectivity index (χ0) is 12.1. The smallest absolute Gasteiger partial charge is 0.141 e. The fraction of sp³-hybridized carbons (Fsp3) is 0.231. The van der Waals surface area contributed by atoms with Gasteiger partial charge in [-0.25, -0.2) is 4.98 Å². The van der Waals surface area contributed by atoms with Crippen LogP contribution in [0.2, 0.25) is 0 Å². The van der Waals surface area contributed by atoms with Gasteiger partial charge in [0.1, 0.15) is 24.1 Å². The molecule has 0 saturated carbocycles. The molecule has 0 N–H and O–H groups in total. The summed E-state index contributed by atoms with van der Waals surface area (Å²) in [5.41, 5.74) is 1.17. The molecular weight excluding hydrogens is 216 g/mol. The van der Waals surface area contributed by atoms with E-state index in [2.05, 4.69) is 4.98 Å². The number of benzene rings is 1. The molecule has 0 aliphatic heterocycles. The number of hydrogen-bond donors (Lipinski definition) is 0. The van der Waals surface area contributed by atoms with Gasteiger partial charge in [0.25, 0.3) is 0 Å². The van der Waals surface area contributed by atoms with Gasteiger partial charge in [-0.05, 0) is 24.3 Å². The number of rotatable bonds is 4. The molecule has 4 nitrogen and oxygen atoms in total. The molecule has 0 amide bonds. The minimum absolute atomic E-state index is 0.409. The van der Waals surface area contributed by atoms with Gasteiger partial charge in [-0.2, -0.15) is 5.26 Å². The maximum atomic E-state index is 8.78. The van der Waals surface area contributed by atoms with Crippen molar-refractivity contribution in [3.05, 3.63) is 36.0 Å². The first-order valence-corrected chi connectivity index (χ1v) is 5.26. The summed E-state index contributed by atoms with van der Waals surface area (Å²) in [6.07, 6.45) is 0. The summed E-state index contributed by atoms with van der Waals surface area (Å²) in [4.78, 5) is 4.21. The number of hydrogen-bond acceptors (Lipinski definition) is 4. The van der Waals surface area contributed by atoms with Crippen LogP contribution in [-0.2, 0) is 4.74 Å². The quantitative estimate of drug-likeness (QED) is 0.752. The Morgan fingerprint density at radius 2 is 2.06 bits per heavy atom. The average molecular weight is 228 g/mol. The van der Waals surface area contributed by atoms with Crippen LogP contribution in [0.1, 0.15) is 5.69 Å². The second-order valence-corrected chi connectivity index (χ2v) is 3.50. The van der Waals surface area contributed by atoms with E-state index in [0.29, 0.717) is 18.9 Å². The number of fused-ring (bicyclic) bond motifs is 1. The van der Waals surface area contributed by atoms with E-state index >= 15 is 0 Å². The Labute approximate surface area is 99.4 Å². The zero-order valence-electron chi connectivity index (χ0n) is 9.51. The van der Waals surface area contributed by atoms with Crippen LogP contribution >= 0.6 is 0 Å². The molecule has 0 radical (unpaired) electrons. The number of aromatic nitrogens is 1. The molecule has 0 aliphatic rings. The lowest BCUT2D eigenvalue weighted by Gasteiger charge is -2.06. The van der Waals surface area contributed by atoms with Crippen LogP contribution < -0.4 is 4.74 Å². The van der Waals surface area contributed by atoms with E-state index in [1.807, 2.05) is 30.3 Å². The highest BCUT2D eigenvalue weighted by Gasteiger charge is 2.00. The number of ether oxygens (including phenoxy) is 2. The topological polar surface area (TPSA) is 55.1 Å². The monoisotopic (exact) mass is 228 g/mol. The molecule has 0 unspecified atom stereocenters. The van der Waals surface area contributed by atoms with E-state index in [9.17, 15) is 0 Å². The molecule has 86 valence electrons. The summed E-state index contributed by atoms with van der Waals surface area (Å²) in [5, 5.41) is 9.77. The summed E-state index contributed by atoms with van der Waals surface area (Å²) in [7, 11) is 1.63. The Kier molecular flexibility index (Phi) is 3.53. The number of pyridine rings is 1. The van der Waals surface area contributed by atoms with Crippen LogP contribution in [0.3, 0.4) is 0 Å². The molecule has 2 aromatic rings. The van der Waals surface area contributed by atoms with Gasteiger partial charge in [-0.3, -0.25) is 0 Å². The van der Waals surface area contributed by atoms with Gasteiger partial charge in [-0.1, -0.05) is 0 Å². The summed E-state index contributed by atoms with van der Waals surface area (Å²) in [6.45, 7) is 1.05. The van der Waals surface area contributed by atoms with Crippen molar-refractivity contribution in [2.75, 3.05) is 20.3 Å². The van der Waals surface area contributed by atoms with Crippen molar-refractivity contribution in [3.8, 4) is 11.8 Å². The molecule has 0 aliphatic carbocycles. The molecule has 17 heavy (non-hydrogen) atoms. The van der Waals surface area contributed by atoms with Crippen molar-refractivity contribution in [1.29, 1.82) is 5.26 Å². The molecule has 0 fully saturated rings. The summed E-state index contributed by atoms with van der Waals surface area (Å²) in [6, 6.07) is 11.2. The second-order valence-electron chi connectivity index (χ2n) is 3.50. The van der Waals surface area contributed by atoms with Crippen molar-refractivity contribution in [1.82, 2.24) is 4.98 Å². The highest BCUT2D eigenvalue weighted by atomic mass is 16.5. The zero-order valence-corrected chi connectivity index (χ0v) is 9.51. The summed E-state index contributed by atoms with van der Waals surface area (Å²) < 4.78 is 10.4. The van der Waals surface area contributed by atoms with Crippen LogP contribution in [0, 0.1) is 11.3 Å². The molecule has 0 atom stereocenters. The van der Waals surface area contributed by atoms with Crippen molar-refractivity contribution in [3.63, 3.8) is 0 Å². The Morgan fingerprint density at radius 3 is 2.82 bits per heavy atom. The van der Waals surface area contributed by atoms with Crippen molar-refractivity contribution >= 4 is 10.9 Å². The first-order valence-electron chi connectivity index (χ1n) is 5.26. The Morgan fingerprint density at radius 1 is 1.24 bits per heavy atom.